The molecular weight excluding hydrogens is 346 g/mol. The molecule has 1 amide bonds. The van der Waals surface area contributed by atoms with Gasteiger partial charge in [-0.1, -0.05) is 49.1 Å². The number of thioether (sulfide) groups is 1. The molecule has 1 aromatic carbocycles. The van der Waals surface area contributed by atoms with Crippen LogP contribution in [0, 0.1) is 0 Å². The van der Waals surface area contributed by atoms with Gasteiger partial charge in [0.25, 0.3) is 5.91 Å². The van der Waals surface area contributed by atoms with Crippen molar-refractivity contribution in [2.75, 3.05) is 6.54 Å². The molecule has 1 aliphatic rings. The van der Waals surface area contributed by atoms with Gasteiger partial charge in [0.2, 0.25) is 0 Å². The molecule has 1 aliphatic heterocycles. The maximum Gasteiger partial charge on any atom is 0.305 e. The van der Waals surface area contributed by atoms with Gasteiger partial charge in [-0.15, -0.1) is 0 Å². The Morgan fingerprint density at radius 2 is 2.17 bits per heavy atom. The minimum Gasteiger partial charge on any atom is -0.481 e. The number of furan rings is 1. The summed E-state index contributed by atoms with van der Waals surface area (Å²) in [6, 6.07) is 7.67. The van der Waals surface area contributed by atoms with Gasteiger partial charge in [0, 0.05) is 23.9 Å². The number of carboxylic acid groups (broad SMARTS) is 1. The number of nitrogens with zero attached hydrogens (tertiary/aromatic N) is 1. The molecule has 1 N–H and O–H groups in total. The van der Waals surface area contributed by atoms with Crippen LogP contribution in [0.2, 0.25) is 0 Å². The number of carbonyl (C=O) groups excluding carboxylic acids is 1. The Balaban J connectivity index is 1.96. The van der Waals surface area contributed by atoms with Crippen LogP contribution in [0.1, 0.15) is 24.7 Å². The van der Waals surface area contributed by atoms with E-state index in [4.69, 9.17) is 21.7 Å². The van der Waals surface area contributed by atoms with E-state index >= 15 is 0 Å². The summed E-state index contributed by atoms with van der Waals surface area (Å²) in [4.78, 5) is 25.1. The number of thiocarbonyl (C=S) groups is 1. The fourth-order valence-electron chi connectivity index (χ4n) is 2.57. The van der Waals surface area contributed by atoms with Gasteiger partial charge in [-0.2, -0.15) is 0 Å². The molecule has 0 spiro atoms. The minimum atomic E-state index is -0.956. The first-order valence-electron chi connectivity index (χ1n) is 7.48. The second-order valence-corrected chi connectivity index (χ2v) is 6.94. The molecular formula is C17H15NO4S2. The third kappa shape index (κ3) is 3.09. The molecule has 24 heavy (non-hydrogen) atoms. The van der Waals surface area contributed by atoms with E-state index in [1.54, 1.807) is 6.08 Å². The van der Waals surface area contributed by atoms with Gasteiger partial charge < -0.3 is 9.52 Å². The zero-order chi connectivity index (χ0) is 17.3. The van der Waals surface area contributed by atoms with Gasteiger partial charge in [0.1, 0.15) is 15.7 Å². The molecule has 7 heteroatoms. The van der Waals surface area contributed by atoms with Crippen molar-refractivity contribution in [2.24, 2.45) is 0 Å². The van der Waals surface area contributed by atoms with E-state index in [-0.39, 0.29) is 18.9 Å². The summed E-state index contributed by atoms with van der Waals surface area (Å²) in [6.45, 7) is 2.08. The standard InChI is InChI=1S/C17H15NO4S2/c1-2-12-11(10-5-3-4-6-13(10)22-12)9-14-16(21)18(17(23)24-14)8-7-15(19)20/h3-6,9H,2,7-8H2,1H3,(H,19,20). The Morgan fingerprint density at radius 1 is 1.42 bits per heavy atom. The van der Waals surface area contributed by atoms with Crippen molar-refractivity contribution in [3.05, 3.63) is 40.5 Å². The Bertz CT molecular complexity index is 869. The lowest BCUT2D eigenvalue weighted by atomic mass is 10.1. The van der Waals surface area contributed by atoms with Crippen molar-refractivity contribution in [3.8, 4) is 0 Å². The van der Waals surface area contributed by atoms with Crippen LogP contribution in [-0.2, 0) is 16.0 Å². The van der Waals surface area contributed by atoms with Crippen molar-refractivity contribution in [2.45, 2.75) is 19.8 Å². The summed E-state index contributed by atoms with van der Waals surface area (Å²) < 4.78 is 6.22. The molecule has 0 bridgehead atoms. The maximum atomic E-state index is 12.5. The number of fused-ring (bicyclic) bond motifs is 1. The second kappa shape index (κ2) is 6.78. The fraction of sp³-hybridized carbons (Fsp3) is 0.235. The predicted octanol–water partition coefficient (Wildman–Crippen LogP) is 3.67. The molecule has 2 aromatic rings. The van der Waals surface area contributed by atoms with E-state index in [2.05, 4.69) is 0 Å². The molecule has 124 valence electrons. The Hall–Kier alpha value is -2.12. The number of amides is 1. The number of rotatable bonds is 5. The molecule has 1 aromatic heterocycles. The summed E-state index contributed by atoms with van der Waals surface area (Å²) in [6.07, 6.45) is 2.37. The van der Waals surface area contributed by atoms with Crippen LogP contribution in [0.3, 0.4) is 0 Å². The molecule has 0 aliphatic carbocycles. The van der Waals surface area contributed by atoms with Crippen molar-refractivity contribution in [1.29, 1.82) is 0 Å². The first-order chi connectivity index (χ1) is 11.5. The van der Waals surface area contributed by atoms with Crippen LogP contribution in [0.25, 0.3) is 17.0 Å². The SMILES string of the molecule is CCc1oc2ccccc2c1C=C1SC(=S)N(CCC(=O)O)C1=O. The number of aliphatic carboxylic acids is 1. The lowest BCUT2D eigenvalue weighted by Gasteiger charge is -2.12. The van der Waals surface area contributed by atoms with Gasteiger partial charge in [-0.05, 0) is 12.1 Å². The average molecular weight is 361 g/mol. The summed E-state index contributed by atoms with van der Waals surface area (Å²) >= 11 is 6.40. The zero-order valence-corrected chi connectivity index (χ0v) is 14.6. The highest BCUT2D eigenvalue weighted by atomic mass is 32.2. The van der Waals surface area contributed by atoms with Crippen molar-refractivity contribution < 1.29 is 19.1 Å². The Morgan fingerprint density at radius 3 is 2.88 bits per heavy atom. The lowest BCUT2D eigenvalue weighted by Crippen LogP contribution is -2.30. The molecule has 0 atom stereocenters. The topological polar surface area (TPSA) is 70.8 Å². The van der Waals surface area contributed by atoms with E-state index in [1.165, 1.54) is 16.7 Å². The van der Waals surface area contributed by atoms with E-state index in [0.29, 0.717) is 15.6 Å². The second-order valence-electron chi connectivity index (χ2n) is 5.27. The van der Waals surface area contributed by atoms with Crippen LogP contribution in [0.4, 0.5) is 0 Å². The summed E-state index contributed by atoms with van der Waals surface area (Å²) in [5.74, 6) is -0.396. The molecule has 0 saturated carbocycles. The number of carbonyl (C=O) groups is 2. The van der Waals surface area contributed by atoms with Gasteiger partial charge in [-0.3, -0.25) is 14.5 Å². The molecule has 2 heterocycles. The average Bonchev–Trinajstić information content (AvgIpc) is 3.04. The minimum absolute atomic E-state index is 0.0874. The molecule has 0 radical (unpaired) electrons. The highest BCUT2D eigenvalue weighted by Gasteiger charge is 2.32. The molecule has 0 unspecified atom stereocenters. The van der Waals surface area contributed by atoms with Gasteiger partial charge >= 0.3 is 5.97 Å². The van der Waals surface area contributed by atoms with E-state index in [0.717, 1.165) is 22.3 Å². The zero-order valence-electron chi connectivity index (χ0n) is 12.9. The van der Waals surface area contributed by atoms with E-state index in [1.807, 2.05) is 31.2 Å². The number of hydrogen-bond acceptors (Lipinski definition) is 5. The van der Waals surface area contributed by atoms with Crippen LogP contribution < -0.4 is 0 Å². The quantitative estimate of drug-likeness (QED) is 0.647. The third-order valence-corrected chi connectivity index (χ3v) is 5.11. The van der Waals surface area contributed by atoms with Crippen molar-refractivity contribution >= 4 is 57.2 Å². The van der Waals surface area contributed by atoms with Crippen LogP contribution in [0.5, 0.6) is 0 Å². The Labute approximate surface area is 148 Å². The van der Waals surface area contributed by atoms with Gasteiger partial charge in [0.15, 0.2) is 0 Å². The summed E-state index contributed by atoms with van der Waals surface area (Å²) in [7, 11) is 0. The fourth-order valence-corrected chi connectivity index (χ4v) is 3.86. The normalized spacial score (nSPS) is 16.5. The molecule has 1 saturated heterocycles. The van der Waals surface area contributed by atoms with Gasteiger partial charge in [-0.25, -0.2) is 0 Å². The van der Waals surface area contributed by atoms with Crippen molar-refractivity contribution in [1.82, 2.24) is 4.90 Å². The summed E-state index contributed by atoms with van der Waals surface area (Å²) in [5, 5.41) is 9.74. The largest absolute Gasteiger partial charge is 0.481 e. The number of benzene rings is 1. The van der Waals surface area contributed by atoms with E-state index < -0.39 is 5.97 Å². The number of aryl methyl sites for hydroxylation is 1. The Kier molecular flexibility index (Phi) is 4.73. The smallest absolute Gasteiger partial charge is 0.305 e. The van der Waals surface area contributed by atoms with E-state index in [9.17, 15) is 9.59 Å². The first kappa shape index (κ1) is 16.7. The predicted molar refractivity (Wildman–Crippen MR) is 97.7 cm³/mol. The molecule has 3 rings (SSSR count). The number of hydrogen-bond donors (Lipinski definition) is 1. The van der Waals surface area contributed by atoms with Crippen LogP contribution >= 0.6 is 24.0 Å². The third-order valence-electron chi connectivity index (χ3n) is 3.73. The number of carboxylic acids is 1. The monoisotopic (exact) mass is 361 g/mol. The maximum absolute atomic E-state index is 12.5. The van der Waals surface area contributed by atoms with Crippen LogP contribution in [-0.4, -0.2) is 32.7 Å². The highest BCUT2D eigenvalue weighted by molar-refractivity contribution is 8.26. The highest BCUT2D eigenvalue weighted by Crippen LogP contribution is 2.36. The molecule has 1 fully saturated rings. The number of para-hydroxylation sites is 1. The summed E-state index contributed by atoms with van der Waals surface area (Å²) in [5.41, 5.74) is 1.66. The van der Waals surface area contributed by atoms with Crippen LogP contribution in [0.15, 0.2) is 33.6 Å². The molecule has 5 nitrogen and oxygen atoms in total. The van der Waals surface area contributed by atoms with Gasteiger partial charge in [0.05, 0.1) is 11.3 Å². The first-order valence-corrected chi connectivity index (χ1v) is 8.71. The van der Waals surface area contributed by atoms with Crippen molar-refractivity contribution in [3.63, 3.8) is 0 Å². The lowest BCUT2D eigenvalue weighted by molar-refractivity contribution is -0.137.